The first-order valence-electron chi connectivity index (χ1n) is 5.81. The van der Waals surface area contributed by atoms with Gasteiger partial charge in [-0.2, -0.15) is 0 Å². The Morgan fingerprint density at radius 3 is 2.50 bits per heavy atom. The third-order valence-corrected chi connectivity index (χ3v) is 3.33. The molecule has 1 aliphatic rings. The molecule has 1 aromatic carbocycles. The first-order valence-corrected chi connectivity index (χ1v) is 5.81. The van der Waals surface area contributed by atoms with Crippen LogP contribution in [0.15, 0.2) is 48.6 Å². The fourth-order valence-corrected chi connectivity index (χ4v) is 2.24. The first-order chi connectivity index (χ1) is 8.60. The molecule has 1 aliphatic carbocycles. The lowest BCUT2D eigenvalue weighted by atomic mass is 9.79. The van der Waals surface area contributed by atoms with Crippen molar-refractivity contribution in [1.82, 2.24) is 0 Å². The van der Waals surface area contributed by atoms with E-state index in [0.29, 0.717) is 0 Å². The largest absolute Gasteiger partial charge is 0.479 e. The van der Waals surface area contributed by atoms with Crippen molar-refractivity contribution in [2.75, 3.05) is 7.11 Å². The van der Waals surface area contributed by atoms with Crippen molar-refractivity contribution in [3.8, 4) is 0 Å². The Labute approximate surface area is 106 Å². The normalized spacial score (nSPS) is 26.2. The van der Waals surface area contributed by atoms with Crippen LogP contribution in [0, 0.1) is 6.92 Å². The number of carboxylic acid groups (broad SMARTS) is 1. The maximum Gasteiger partial charge on any atom is 0.341 e. The second-order valence-corrected chi connectivity index (χ2v) is 4.43. The summed E-state index contributed by atoms with van der Waals surface area (Å²) in [5.41, 5.74) is 0.766. The average Bonchev–Trinajstić information content (AvgIpc) is 2.39. The van der Waals surface area contributed by atoms with Crippen LogP contribution < -0.4 is 0 Å². The summed E-state index contributed by atoms with van der Waals surface area (Å²) in [4.78, 5) is 11.5. The zero-order valence-corrected chi connectivity index (χ0v) is 10.5. The molecule has 0 radical (unpaired) electrons. The number of carboxylic acids is 1. The van der Waals surface area contributed by atoms with Gasteiger partial charge in [-0.25, -0.2) is 4.79 Å². The van der Waals surface area contributed by atoms with Gasteiger partial charge in [-0.1, -0.05) is 48.1 Å². The second kappa shape index (κ2) is 4.78. The van der Waals surface area contributed by atoms with Gasteiger partial charge in [0.05, 0.1) is 0 Å². The third-order valence-electron chi connectivity index (χ3n) is 3.33. The number of aliphatic carboxylic acids is 1. The number of aryl methyl sites for hydroxylation is 1. The van der Waals surface area contributed by atoms with Crippen molar-refractivity contribution in [2.45, 2.75) is 18.4 Å². The number of hydrogen-bond acceptors (Lipinski definition) is 2. The van der Waals surface area contributed by atoms with Crippen molar-refractivity contribution in [1.29, 1.82) is 0 Å². The average molecular weight is 244 g/mol. The third kappa shape index (κ3) is 1.97. The van der Waals surface area contributed by atoms with E-state index in [9.17, 15) is 9.90 Å². The highest BCUT2D eigenvalue weighted by atomic mass is 16.5. The monoisotopic (exact) mass is 244 g/mol. The predicted octanol–water partition coefficient (Wildman–Crippen LogP) is 2.67. The van der Waals surface area contributed by atoms with Gasteiger partial charge in [-0.15, -0.1) is 0 Å². The molecular formula is C15H16O3. The standard InChI is InChI=1S/C15H16O3/c1-11-6-8-12(9-7-11)13-5-3-4-10-15(13,18-2)14(16)17/h3-10,13H,1-2H3,(H,16,17). The summed E-state index contributed by atoms with van der Waals surface area (Å²) in [5, 5.41) is 9.46. The van der Waals surface area contributed by atoms with Gasteiger partial charge >= 0.3 is 5.97 Å². The second-order valence-electron chi connectivity index (χ2n) is 4.43. The summed E-state index contributed by atoms with van der Waals surface area (Å²) in [6.45, 7) is 2.00. The number of allylic oxidation sites excluding steroid dienone is 2. The molecule has 0 amide bonds. The molecule has 0 fully saturated rings. The molecule has 0 heterocycles. The van der Waals surface area contributed by atoms with Gasteiger partial charge in [0.2, 0.25) is 0 Å². The number of carbonyl (C=O) groups is 1. The Kier molecular flexibility index (Phi) is 3.34. The van der Waals surface area contributed by atoms with E-state index in [4.69, 9.17) is 4.74 Å². The van der Waals surface area contributed by atoms with Crippen LogP contribution in [-0.4, -0.2) is 23.8 Å². The minimum Gasteiger partial charge on any atom is -0.479 e. The summed E-state index contributed by atoms with van der Waals surface area (Å²) in [7, 11) is 1.43. The van der Waals surface area contributed by atoms with E-state index in [1.54, 1.807) is 12.2 Å². The van der Waals surface area contributed by atoms with Gasteiger partial charge in [0.25, 0.3) is 0 Å². The van der Waals surface area contributed by atoms with Crippen molar-refractivity contribution in [3.05, 3.63) is 59.7 Å². The quantitative estimate of drug-likeness (QED) is 0.889. The molecule has 2 atom stereocenters. The van der Waals surface area contributed by atoms with Crippen LogP contribution in [0.25, 0.3) is 0 Å². The van der Waals surface area contributed by atoms with Gasteiger partial charge < -0.3 is 9.84 Å². The number of rotatable bonds is 3. The first kappa shape index (κ1) is 12.6. The van der Waals surface area contributed by atoms with Crippen LogP contribution in [0.4, 0.5) is 0 Å². The molecular weight excluding hydrogens is 228 g/mol. The molecule has 1 N–H and O–H groups in total. The lowest BCUT2D eigenvalue weighted by Crippen LogP contribution is -2.44. The molecule has 0 aliphatic heterocycles. The van der Waals surface area contributed by atoms with Gasteiger partial charge in [-0.05, 0) is 18.6 Å². The molecule has 0 spiro atoms. The van der Waals surface area contributed by atoms with Crippen molar-refractivity contribution in [3.63, 3.8) is 0 Å². The minimum absolute atomic E-state index is 0.314. The molecule has 2 rings (SSSR count). The van der Waals surface area contributed by atoms with Crippen LogP contribution in [-0.2, 0) is 9.53 Å². The molecule has 18 heavy (non-hydrogen) atoms. The summed E-state index contributed by atoms with van der Waals surface area (Å²) in [6, 6.07) is 7.84. The van der Waals surface area contributed by atoms with Crippen LogP contribution in [0.5, 0.6) is 0 Å². The van der Waals surface area contributed by atoms with Crippen molar-refractivity contribution < 1.29 is 14.6 Å². The van der Waals surface area contributed by atoms with Crippen LogP contribution in [0.1, 0.15) is 17.0 Å². The zero-order valence-electron chi connectivity index (χ0n) is 10.5. The molecule has 2 unspecified atom stereocenters. The minimum atomic E-state index is -1.32. The van der Waals surface area contributed by atoms with Gasteiger partial charge in [-0.3, -0.25) is 0 Å². The number of methoxy groups -OCH3 is 1. The molecule has 0 saturated heterocycles. The van der Waals surface area contributed by atoms with E-state index in [-0.39, 0.29) is 5.92 Å². The van der Waals surface area contributed by atoms with Crippen LogP contribution >= 0.6 is 0 Å². The number of ether oxygens (including phenoxy) is 1. The molecule has 3 heteroatoms. The predicted molar refractivity (Wildman–Crippen MR) is 69.6 cm³/mol. The maximum absolute atomic E-state index is 11.5. The summed E-state index contributed by atoms with van der Waals surface area (Å²) in [5.74, 6) is -1.29. The molecule has 0 saturated carbocycles. The van der Waals surface area contributed by atoms with E-state index in [0.717, 1.165) is 11.1 Å². The summed E-state index contributed by atoms with van der Waals surface area (Å²) >= 11 is 0. The molecule has 0 aromatic heterocycles. The maximum atomic E-state index is 11.5. The molecule has 3 nitrogen and oxygen atoms in total. The number of benzene rings is 1. The van der Waals surface area contributed by atoms with E-state index in [1.807, 2.05) is 43.3 Å². The van der Waals surface area contributed by atoms with Crippen LogP contribution in [0.3, 0.4) is 0 Å². The van der Waals surface area contributed by atoms with E-state index >= 15 is 0 Å². The van der Waals surface area contributed by atoms with Gasteiger partial charge in [0.1, 0.15) is 0 Å². The van der Waals surface area contributed by atoms with Crippen LogP contribution in [0.2, 0.25) is 0 Å². The molecule has 1 aromatic rings. The molecule has 0 bridgehead atoms. The zero-order chi connectivity index (χ0) is 13.2. The topological polar surface area (TPSA) is 46.5 Å². The van der Waals surface area contributed by atoms with Crippen molar-refractivity contribution in [2.24, 2.45) is 0 Å². The summed E-state index contributed by atoms with van der Waals surface area (Å²) < 4.78 is 5.30. The van der Waals surface area contributed by atoms with Gasteiger partial charge in [0, 0.05) is 13.0 Å². The fraction of sp³-hybridized carbons (Fsp3) is 0.267. The fourth-order valence-electron chi connectivity index (χ4n) is 2.24. The van der Waals surface area contributed by atoms with E-state index in [1.165, 1.54) is 7.11 Å². The Bertz CT molecular complexity index is 499. The highest BCUT2D eigenvalue weighted by molar-refractivity contribution is 5.83. The van der Waals surface area contributed by atoms with E-state index < -0.39 is 11.6 Å². The SMILES string of the molecule is COC1(C(=O)O)C=CC=CC1c1ccc(C)cc1. The Balaban J connectivity index is 2.47. The lowest BCUT2D eigenvalue weighted by Gasteiger charge is -2.33. The highest BCUT2D eigenvalue weighted by Gasteiger charge is 2.44. The summed E-state index contributed by atoms with van der Waals surface area (Å²) in [6.07, 6.45) is 7.02. The number of hydrogen-bond donors (Lipinski definition) is 1. The Morgan fingerprint density at radius 1 is 1.28 bits per heavy atom. The highest BCUT2D eigenvalue weighted by Crippen LogP contribution is 2.36. The van der Waals surface area contributed by atoms with E-state index in [2.05, 4.69) is 0 Å². The Morgan fingerprint density at radius 2 is 1.94 bits per heavy atom. The van der Waals surface area contributed by atoms with Crippen molar-refractivity contribution >= 4 is 5.97 Å². The smallest absolute Gasteiger partial charge is 0.341 e. The molecule has 94 valence electrons. The Hall–Kier alpha value is -1.87. The lowest BCUT2D eigenvalue weighted by molar-refractivity contribution is -0.157. The van der Waals surface area contributed by atoms with Gasteiger partial charge in [0.15, 0.2) is 5.60 Å².